The lowest BCUT2D eigenvalue weighted by atomic mass is 9.94. The standard InChI is InChI=1S/C23H19F2N3O4/c1-32-15-11-9-14(10-12-15)13-26-21(29)23(31)16-5-2-3-8-19(16)27-22(30)28(23)20-17(24)6-4-7-18(20)25/h2-12,31H,13H2,1H3,(H,26,29)(H,27,30)/t23-/m1/s1. The summed E-state index contributed by atoms with van der Waals surface area (Å²) in [4.78, 5) is 26.5. The maximum absolute atomic E-state index is 14.6. The van der Waals surface area contributed by atoms with E-state index in [-0.39, 0.29) is 17.8 Å². The summed E-state index contributed by atoms with van der Waals surface area (Å²) < 4.78 is 34.3. The summed E-state index contributed by atoms with van der Waals surface area (Å²) in [7, 11) is 1.52. The Morgan fingerprint density at radius 2 is 1.72 bits per heavy atom. The first-order valence-electron chi connectivity index (χ1n) is 9.64. The van der Waals surface area contributed by atoms with Gasteiger partial charge in [-0.1, -0.05) is 36.4 Å². The molecule has 32 heavy (non-hydrogen) atoms. The van der Waals surface area contributed by atoms with Crippen LogP contribution in [0.3, 0.4) is 0 Å². The molecule has 3 aromatic rings. The summed E-state index contributed by atoms with van der Waals surface area (Å²) in [5, 5.41) is 16.6. The average Bonchev–Trinajstić information content (AvgIpc) is 2.79. The van der Waals surface area contributed by atoms with Gasteiger partial charge < -0.3 is 20.5 Å². The molecule has 0 bridgehead atoms. The second-order valence-electron chi connectivity index (χ2n) is 7.08. The number of carbonyl (C=O) groups excluding carboxylic acids is 2. The molecule has 0 radical (unpaired) electrons. The highest BCUT2D eigenvalue weighted by molar-refractivity contribution is 6.12. The Hall–Kier alpha value is -3.98. The van der Waals surface area contributed by atoms with Crippen LogP contribution in [0.15, 0.2) is 66.7 Å². The fraction of sp³-hybridized carbons (Fsp3) is 0.130. The zero-order valence-electron chi connectivity index (χ0n) is 16.9. The number of nitrogens with one attached hydrogen (secondary N) is 2. The van der Waals surface area contributed by atoms with Crippen molar-refractivity contribution in [2.75, 3.05) is 17.3 Å². The molecule has 0 spiro atoms. The minimum Gasteiger partial charge on any atom is -0.497 e. The van der Waals surface area contributed by atoms with E-state index in [4.69, 9.17) is 4.74 Å². The number of rotatable bonds is 5. The Labute approximate surface area is 182 Å². The van der Waals surface area contributed by atoms with Gasteiger partial charge in [0.1, 0.15) is 23.1 Å². The molecular formula is C23H19F2N3O4. The number of hydrogen-bond donors (Lipinski definition) is 3. The van der Waals surface area contributed by atoms with Crippen LogP contribution in [0.2, 0.25) is 0 Å². The summed E-state index contributed by atoms with van der Waals surface area (Å²) in [6, 6.07) is 14.7. The van der Waals surface area contributed by atoms with Crippen molar-refractivity contribution in [3.8, 4) is 5.75 Å². The van der Waals surface area contributed by atoms with Gasteiger partial charge in [-0.25, -0.2) is 18.5 Å². The number of methoxy groups -OCH3 is 1. The van der Waals surface area contributed by atoms with Gasteiger partial charge in [-0.15, -0.1) is 0 Å². The van der Waals surface area contributed by atoms with Gasteiger partial charge in [0.05, 0.1) is 12.8 Å². The largest absolute Gasteiger partial charge is 0.497 e. The van der Waals surface area contributed by atoms with E-state index in [1.807, 2.05) is 0 Å². The van der Waals surface area contributed by atoms with E-state index in [0.717, 1.165) is 18.2 Å². The summed E-state index contributed by atoms with van der Waals surface area (Å²) in [6.45, 7) is -0.0114. The number of anilines is 2. The molecule has 3 aromatic carbocycles. The number of para-hydroxylation sites is 2. The SMILES string of the molecule is COc1ccc(CNC(=O)[C@]2(O)c3ccccc3NC(=O)N2c2c(F)cccc2F)cc1. The fourth-order valence-corrected chi connectivity index (χ4v) is 3.57. The Kier molecular flexibility index (Phi) is 5.50. The van der Waals surface area contributed by atoms with Crippen molar-refractivity contribution >= 4 is 23.3 Å². The van der Waals surface area contributed by atoms with Gasteiger partial charge in [0.2, 0.25) is 0 Å². The molecule has 0 saturated carbocycles. The molecule has 0 unspecified atom stereocenters. The van der Waals surface area contributed by atoms with Gasteiger partial charge in [-0.3, -0.25) is 4.79 Å². The number of nitrogens with zero attached hydrogens (tertiary/aromatic N) is 1. The number of amides is 3. The van der Waals surface area contributed by atoms with E-state index in [2.05, 4.69) is 10.6 Å². The Bertz CT molecular complexity index is 1170. The van der Waals surface area contributed by atoms with Crippen LogP contribution < -0.4 is 20.3 Å². The molecule has 0 saturated heterocycles. The summed E-state index contributed by atoms with van der Waals surface area (Å²) in [5.74, 6) is -2.63. The van der Waals surface area contributed by atoms with E-state index in [0.29, 0.717) is 16.2 Å². The lowest BCUT2D eigenvalue weighted by Gasteiger charge is -2.42. The first-order chi connectivity index (χ1) is 15.4. The molecule has 1 aliphatic heterocycles. The maximum atomic E-state index is 14.6. The van der Waals surface area contributed by atoms with E-state index in [9.17, 15) is 23.5 Å². The summed E-state index contributed by atoms with van der Waals surface area (Å²) in [5.41, 5.74) is -2.77. The van der Waals surface area contributed by atoms with Crippen LogP contribution in [0, 0.1) is 11.6 Å². The fourth-order valence-electron chi connectivity index (χ4n) is 3.57. The molecule has 0 aromatic heterocycles. The van der Waals surface area contributed by atoms with Gasteiger partial charge in [-0.2, -0.15) is 0 Å². The van der Waals surface area contributed by atoms with Gasteiger partial charge in [0, 0.05) is 12.1 Å². The monoisotopic (exact) mass is 439 g/mol. The number of fused-ring (bicyclic) bond motifs is 1. The predicted octanol–water partition coefficient (Wildman–Crippen LogP) is 3.49. The number of halogens is 2. The molecule has 1 heterocycles. The first-order valence-corrected chi connectivity index (χ1v) is 9.64. The van der Waals surface area contributed by atoms with Crippen molar-refractivity contribution in [1.82, 2.24) is 5.32 Å². The Morgan fingerprint density at radius 1 is 1.06 bits per heavy atom. The van der Waals surface area contributed by atoms with Gasteiger partial charge in [0.25, 0.3) is 11.6 Å². The molecule has 4 rings (SSSR count). The first kappa shape index (κ1) is 21.3. The third-order valence-corrected chi connectivity index (χ3v) is 5.16. The van der Waals surface area contributed by atoms with Crippen LogP contribution in [0.1, 0.15) is 11.1 Å². The van der Waals surface area contributed by atoms with E-state index in [1.54, 1.807) is 30.3 Å². The molecule has 9 heteroatoms. The van der Waals surface area contributed by atoms with Crippen molar-refractivity contribution in [3.63, 3.8) is 0 Å². The third-order valence-electron chi connectivity index (χ3n) is 5.16. The predicted molar refractivity (Wildman–Crippen MR) is 113 cm³/mol. The minimum atomic E-state index is -2.71. The van der Waals surface area contributed by atoms with Crippen LogP contribution in [-0.4, -0.2) is 24.2 Å². The molecular weight excluding hydrogens is 420 g/mol. The molecule has 0 fully saturated rings. The number of benzene rings is 3. The molecule has 3 N–H and O–H groups in total. The molecule has 164 valence electrons. The quantitative estimate of drug-likeness (QED) is 0.568. The molecule has 0 aliphatic carbocycles. The highest BCUT2D eigenvalue weighted by atomic mass is 19.1. The second kappa shape index (κ2) is 8.27. The lowest BCUT2D eigenvalue weighted by Crippen LogP contribution is -2.62. The third kappa shape index (κ3) is 3.52. The van der Waals surface area contributed by atoms with Crippen LogP contribution >= 0.6 is 0 Å². The maximum Gasteiger partial charge on any atom is 0.329 e. The summed E-state index contributed by atoms with van der Waals surface area (Å²) >= 11 is 0. The van der Waals surface area contributed by atoms with Crippen LogP contribution in [-0.2, 0) is 17.1 Å². The Balaban J connectivity index is 1.76. The van der Waals surface area contributed by atoms with Crippen LogP contribution in [0.4, 0.5) is 25.0 Å². The van der Waals surface area contributed by atoms with Crippen molar-refractivity contribution in [1.29, 1.82) is 0 Å². The number of hydrogen-bond acceptors (Lipinski definition) is 4. The second-order valence-corrected chi connectivity index (χ2v) is 7.08. The average molecular weight is 439 g/mol. The molecule has 1 atom stereocenters. The van der Waals surface area contributed by atoms with Crippen LogP contribution in [0.5, 0.6) is 5.75 Å². The van der Waals surface area contributed by atoms with Crippen molar-refractivity contribution in [3.05, 3.63) is 89.5 Å². The van der Waals surface area contributed by atoms with Gasteiger partial charge in [-0.05, 0) is 35.9 Å². The smallest absolute Gasteiger partial charge is 0.329 e. The molecule has 3 amide bonds. The number of urea groups is 1. The van der Waals surface area contributed by atoms with E-state index < -0.39 is 35.0 Å². The zero-order chi connectivity index (χ0) is 22.9. The number of ether oxygens (including phenoxy) is 1. The van der Waals surface area contributed by atoms with E-state index >= 15 is 0 Å². The van der Waals surface area contributed by atoms with E-state index in [1.165, 1.54) is 25.3 Å². The highest BCUT2D eigenvalue weighted by Crippen LogP contribution is 2.41. The van der Waals surface area contributed by atoms with Gasteiger partial charge >= 0.3 is 6.03 Å². The van der Waals surface area contributed by atoms with Crippen molar-refractivity contribution < 1.29 is 28.2 Å². The van der Waals surface area contributed by atoms with Crippen LogP contribution in [0.25, 0.3) is 0 Å². The minimum absolute atomic E-state index is 0.0114. The normalized spacial score (nSPS) is 17.4. The highest BCUT2D eigenvalue weighted by Gasteiger charge is 2.53. The Morgan fingerprint density at radius 3 is 2.38 bits per heavy atom. The summed E-state index contributed by atoms with van der Waals surface area (Å²) in [6.07, 6.45) is 0. The number of carbonyl (C=O) groups is 2. The van der Waals surface area contributed by atoms with Gasteiger partial charge in [0.15, 0.2) is 0 Å². The topological polar surface area (TPSA) is 90.9 Å². The lowest BCUT2D eigenvalue weighted by molar-refractivity contribution is -0.140. The molecule has 1 aliphatic rings. The van der Waals surface area contributed by atoms with Crippen molar-refractivity contribution in [2.24, 2.45) is 0 Å². The molecule has 7 nitrogen and oxygen atoms in total. The number of aliphatic hydroxyl groups is 1. The van der Waals surface area contributed by atoms with Crippen molar-refractivity contribution in [2.45, 2.75) is 12.3 Å². The zero-order valence-corrected chi connectivity index (χ0v) is 16.9.